The second kappa shape index (κ2) is 5.16. The van der Waals surface area contributed by atoms with Crippen molar-refractivity contribution in [3.05, 3.63) is 29.3 Å². The maximum absolute atomic E-state index is 11.3. The average molecular weight is 223 g/mol. The van der Waals surface area contributed by atoms with Crippen LogP contribution in [0.2, 0.25) is 0 Å². The molecule has 0 aliphatic rings. The van der Waals surface area contributed by atoms with Gasteiger partial charge in [-0.15, -0.1) is 0 Å². The number of hydrogen-bond donors (Lipinski definition) is 1. The van der Waals surface area contributed by atoms with E-state index in [1.165, 1.54) is 25.3 Å². The van der Waals surface area contributed by atoms with Crippen molar-refractivity contribution < 1.29 is 19.1 Å². The molecule has 0 aliphatic heterocycles. The second-order valence-electron chi connectivity index (χ2n) is 3.03. The van der Waals surface area contributed by atoms with E-state index in [9.17, 15) is 9.59 Å². The molecule has 5 heteroatoms. The van der Waals surface area contributed by atoms with Gasteiger partial charge < -0.3 is 15.2 Å². The predicted octanol–water partition coefficient (Wildman–Crippen LogP) is 0.971. The van der Waals surface area contributed by atoms with Gasteiger partial charge in [0.1, 0.15) is 5.75 Å². The molecule has 16 heavy (non-hydrogen) atoms. The third-order valence-corrected chi connectivity index (χ3v) is 1.92. The fraction of sp³-hybridized carbons (Fsp3) is 0.273. The first kappa shape index (κ1) is 12.0. The largest absolute Gasteiger partial charge is 0.494 e. The summed E-state index contributed by atoms with van der Waals surface area (Å²) >= 11 is 0. The smallest absolute Gasteiger partial charge is 0.338 e. The summed E-state index contributed by atoms with van der Waals surface area (Å²) in [6.07, 6.45) is 0. The number of methoxy groups -OCH3 is 1. The van der Waals surface area contributed by atoms with Gasteiger partial charge in [0, 0.05) is 5.56 Å². The fourth-order valence-electron chi connectivity index (χ4n) is 1.23. The fourth-order valence-corrected chi connectivity index (χ4v) is 1.23. The van der Waals surface area contributed by atoms with Crippen LogP contribution in [-0.4, -0.2) is 25.6 Å². The number of carbonyl (C=O) groups excluding carboxylic acids is 2. The number of ether oxygens (including phenoxy) is 2. The van der Waals surface area contributed by atoms with Crippen molar-refractivity contribution in [1.29, 1.82) is 0 Å². The Morgan fingerprint density at radius 1 is 1.25 bits per heavy atom. The van der Waals surface area contributed by atoms with Crippen LogP contribution in [0.5, 0.6) is 5.75 Å². The third-order valence-electron chi connectivity index (χ3n) is 1.92. The summed E-state index contributed by atoms with van der Waals surface area (Å²) in [5.74, 6) is -0.741. The van der Waals surface area contributed by atoms with E-state index in [0.29, 0.717) is 12.4 Å². The molecule has 0 bridgehead atoms. The van der Waals surface area contributed by atoms with E-state index in [-0.39, 0.29) is 11.1 Å². The molecule has 0 heterocycles. The predicted molar refractivity (Wildman–Crippen MR) is 57.5 cm³/mol. The Balaban J connectivity index is 3.18. The van der Waals surface area contributed by atoms with Gasteiger partial charge in [-0.3, -0.25) is 4.79 Å². The second-order valence-corrected chi connectivity index (χ2v) is 3.03. The molecule has 1 aromatic carbocycles. The van der Waals surface area contributed by atoms with Gasteiger partial charge >= 0.3 is 5.97 Å². The molecule has 0 saturated heterocycles. The molecule has 1 rings (SSSR count). The van der Waals surface area contributed by atoms with Crippen LogP contribution in [0, 0.1) is 0 Å². The molecule has 0 radical (unpaired) electrons. The topological polar surface area (TPSA) is 78.6 Å². The maximum Gasteiger partial charge on any atom is 0.338 e. The van der Waals surface area contributed by atoms with Gasteiger partial charge in [0.05, 0.1) is 19.3 Å². The lowest BCUT2D eigenvalue weighted by atomic mass is 10.1. The van der Waals surface area contributed by atoms with Crippen LogP contribution in [0.15, 0.2) is 18.2 Å². The Morgan fingerprint density at radius 2 is 1.88 bits per heavy atom. The Morgan fingerprint density at radius 3 is 2.38 bits per heavy atom. The van der Waals surface area contributed by atoms with Crippen molar-refractivity contribution in [2.24, 2.45) is 5.73 Å². The maximum atomic E-state index is 11.3. The van der Waals surface area contributed by atoms with Gasteiger partial charge in [0.15, 0.2) is 0 Å². The molecule has 5 nitrogen and oxygen atoms in total. The summed E-state index contributed by atoms with van der Waals surface area (Å²) in [7, 11) is 1.26. The molecule has 0 saturated carbocycles. The Kier molecular flexibility index (Phi) is 3.88. The minimum Gasteiger partial charge on any atom is -0.494 e. The lowest BCUT2D eigenvalue weighted by molar-refractivity contribution is 0.0600. The average Bonchev–Trinajstić information content (AvgIpc) is 2.28. The van der Waals surface area contributed by atoms with Crippen molar-refractivity contribution >= 4 is 11.9 Å². The highest BCUT2D eigenvalue weighted by atomic mass is 16.5. The third kappa shape index (κ3) is 2.73. The van der Waals surface area contributed by atoms with Gasteiger partial charge in [-0.1, -0.05) is 0 Å². The van der Waals surface area contributed by atoms with E-state index in [2.05, 4.69) is 4.74 Å². The molecular formula is C11H13NO4. The molecular weight excluding hydrogens is 210 g/mol. The molecule has 0 spiro atoms. The number of carbonyl (C=O) groups is 2. The zero-order valence-electron chi connectivity index (χ0n) is 9.15. The highest BCUT2D eigenvalue weighted by molar-refractivity contribution is 5.97. The van der Waals surface area contributed by atoms with Crippen LogP contribution in [0.1, 0.15) is 27.6 Å². The lowest BCUT2D eigenvalue weighted by Crippen LogP contribution is -2.13. The Hall–Kier alpha value is -2.04. The first-order chi connectivity index (χ1) is 7.58. The molecule has 86 valence electrons. The summed E-state index contributed by atoms with van der Waals surface area (Å²) in [4.78, 5) is 22.3. The minimum atomic E-state index is -0.619. The first-order valence-corrected chi connectivity index (χ1v) is 4.74. The van der Waals surface area contributed by atoms with E-state index >= 15 is 0 Å². The number of esters is 1. The molecule has 1 aromatic rings. The number of nitrogens with two attached hydrogens (primary N) is 1. The van der Waals surface area contributed by atoms with Crippen LogP contribution in [0.4, 0.5) is 0 Å². The van der Waals surface area contributed by atoms with Crippen molar-refractivity contribution in [2.45, 2.75) is 6.92 Å². The van der Waals surface area contributed by atoms with Gasteiger partial charge in [-0.2, -0.15) is 0 Å². The summed E-state index contributed by atoms with van der Waals surface area (Å²) in [6, 6.07) is 4.36. The number of benzene rings is 1. The molecule has 0 unspecified atom stereocenters. The molecule has 1 amide bonds. The summed E-state index contributed by atoms with van der Waals surface area (Å²) in [5, 5.41) is 0. The van der Waals surface area contributed by atoms with Crippen LogP contribution in [0.25, 0.3) is 0 Å². The number of rotatable bonds is 4. The molecule has 2 N–H and O–H groups in total. The standard InChI is InChI=1S/C11H13NO4/c1-3-16-9-5-7(10(12)13)4-8(6-9)11(14)15-2/h4-6H,3H2,1-2H3,(H2,12,13). The van der Waals surface area contributed by atoms with Gasteiger partial charge in [0.25, 0.3) is 0 Å². The van der Waals surface area contributed by atoms with Crippen LogP contribution in [-0.2, 0) is 4.74 Å². The van der Waals surface area contributed by atoms with E-state index in [1.807, 2.05) is 0 Å². The van der Waals surface area contributed by atoms with E-state index in [1.54, 1.807) is 6.92 Å². The van der Waals surface area contributed by atoms with Gasteiger partial charge in [-0.05, 0) is 25.1 Å². The molecule has 0 aliphatic carbocycles. The van der Waals surface area contributed by atoms with Crippen molar-refractivity contribution in [3.63, 3.8) is 0 Å². The number of primary amides is 1. The number of hydrogen-bond acceptors (Lipinski definition) is 4. The SMILES string of the molecule is CCOc1cc(C(N)=O)cc(C(=O)OC)c1. The lowest BCUT2D eigenvalue weighted by Gasteiger charge is -2.07. The van der Waals surface area contributed by atoms with Gasteiger partial charge in [-0.25, -0.2) is 4.79 Å². The van der Waals surface area contributed by atoms with Crippen molar-refractivity contribution in [3.8, 4) is 5.75 Å². The molecule has 0 atom stereocenters. The Bertz CT molecular complexity index is 414. The molecule has 0 fully saturated rings. The normalized spacial score (nSPS) is 9.62. The highest BCUT2D eigenvalue weighted by Crippen LogP contribution is 2.18. The monoisotopic (exact) mass is 223 g/mol. The first-order valence-electron chi connectivity index (χ1n) is 4.74. The van der Waals surface area contributed by atoms with E-state index < -0.39 is 11.9 Å². The zero-order valence-corrected chi connectivity index (χ0v) is 9.15. The molecule has 0 aromatic heterocycles. The van der Waals surface area contributed by atoms with E-state index in [0.717, 1.165) is 0 Å². The van der Waals surface area contributed by atoms with Crippen molar-refractivity contribution in [1.82, 2.24) is 0 Å². The Labute approximate surface area is 93.1 Å². The van der Waals surface area contributed by atoms with Crippen LogP contribution < -0.4 is 10.5 Å². The zero-order chi connectivity index (χ0) is 12.1. The van der Waals surface area contributed by atoms with Crippen LogP contribution in [0.3, 0.4) is 0 Å². The minimum absolute atomic E-state index is 0.214. The van der Waals surface area contributed by atoms with Gasteiger partial charge in [0.2, 0.25) is 5.91 Å². The highest BCUT2D eigenvalue weighted by Gasteiger charge is 2.11. The quantitative estimate of drug-likeness (QED) is 0.771. The number of amides is 1. The summed E-state index contributed by atoms with van der Waals surface area (Å²) < 4.78 is 9.77. The summed E-state index contributed by atoms with van der Waals surface area (Å²) in [5.41, 5.74) is 5.60. The van der Waals surface area contributed by atoms with Crippen LogP contribution >= 0.6 is 0 Å². The van der Waals surface area contributed by atoms with Crippen molar-refractivity contribution in [2.75, 3.05) is 13.7 Å². The summed E-state index contributed by atoms with van der Waals surface area (Å²) in [6.45, 7) is 2.23. The van der Waals surface area contributed by atoms with E-state index in [4.69, 9.17) is 10.5 Å².